The van der Waals surface area contributed by atoms with Crippen LogP contribution in [-0.2, 0) is 6.54 Å². The zero-order chi connectivity index (χ0) is 29.3. The number of aryl methyl sites for hydroxylation is 1. The number of halogens is 1. The number of aromatic nitrogens is 6. The molecule has 0 atom stereocenters. The number of benzene rings is 1. The maximum absolute atomic E-state index is 13.5. The fourth-order valence-electron chi connectivity index (χ4n) is 4.29. The van der Waals surface area contributed by atoms with Crippen molar-refractivity contribution in [2.75, 3.05) is 26.1 Å². The predicted molar refractivity (Wildman–Crippen MR) is 157 cm³/mol. The molecule has 4 N–H and O–H groups in total. The highest BCUT2D eigenvalue weighted by atomic mass is 127. The number of hydrogen-bond acceptors (Lipinski definition) is 12. The summed E-state index contributed by atoms with van der Waals surface area (Å²) in [7, 11) is 1.44. The van der Waals surface area contributed by atoms with Crippen LogP contribution in [-0.4, -0.2) is 72.3 Å². The zero-order valence-corrected chi connectivity index (χ0v) is 25.3. The summed E-state index contributed by atoms with van der Waals surface area (Å²) in [6.45, 7) is 4.77. The van der Waals surface area contributed by atoms with Crippen LogP contribution in [0, 0.1) is 9.10 Å². The van der Waals surface area contributed by atoms with Gasteiger partial charge in [0, 0.05) is 34.6 Å². The fraction of sp³-hybridized carbons (Fsp3) is 0.333. The van der Waals surface area contributed by atoms with Gasteiger partial charge in [-0.1, -0.05) is 11.8 Å². The van der Waals surface area contributed by atoms with Gasteiger partial charge in [0.25, 0.3) is 5.91 Å². The zero-order valence-electron chi connectivity index (χ0n) is 22.3. The molecule has 0 bridgehead atoms. The molecule has 15 nitrogen and oxygen atoms in total. The lowest BCUT2D eigenvalue weighted by Gasteiger charge is -2.26. The van der Waals surface area contributed by atoms with Crippen LogP contribution in [0.4, 0.5) is 16.4 Å². The summed E-state index contributed by atoms with van der Waals surface area (Å²) in [5.74, 6) is 1.07. The predicted octanol–water partition coefficient (Wildman–Crippen LogP) is 3.88. The summed E-state index contributed by atoms with van der Waals surface area (Å²) >= 11 is 3.69. The van der Waals surface area contributed by atoms with Crippen LogP contribution in [0.5, 0.6) is 11.5 Å². The third-order valence-corrected chi connectivity index (χ3v) is 8.61. The summed E-state index contributed by atoms with van der Waals surface area (Å²) in [5, 5.41) is 6.49. The Bertz CT molecular complexity index is 1650. The van der Waals surface area contributed by atoms with Crippen molar-refractivity contribution < 1.29 is 19.1 Å². The number of anilines is 1. The molecule has 0 unspecified atom stereocenters. The lowest BCUT2D eigenvalue weighted by atomic mass is 10.2. The second kappa shape index (κ2) is 11.9. The minimum Gasteiger partial charge on any atom is -0.454 e. The van der Waals surface area contributed by atoms with Gasteiger partial charge >= 0.3 is 6.03 Å². The molecule has 1 aliphatic heterocycles. The quantitative estimate of drug-likeness (QED) is 0.171. The first kappa shape index (κ1) is 28.5. The van der Waals surface area contributed by atoms with Gasteiger partial charge in [0.15, 0.2) is 45.1 Å². The van der Waals surface area contributed by atoms with E-state index < -0.39 is 11.9 Å². The maximum Gasteiger partial charge on any atom is 0.328 e. The molecule has 4 aromatic rings. The number of rotatable bonds is 9. The molecule has 0 fully saturated rings. The molecule has 0 spiro atoms. The minimum absolute atomic E-state index is 0.0699. The second-order valence-electron chi connectivity index (χ2n) is 9.11. The molecular formula is C24H26IN11O4S. The molecule has 5 rings (SSSR count). The Morgan fingerprint density at radius 2 is 2.02 bits per heavy atom. The number of fused-ring (bicyclic) bond motifs is 2. The number of nitrogens with one attached hydrogen (secondary N) is 2. The van der Waals surface area contributed by atoms with Crippen molar-refractivity contribution in [1.29, 1.82) is 5.53 Å². The molecule has 0 aliphatic carbocycles. The molecule has 1 aliphatic rings. The maximum atomic E-state index is 13.5. The molecule has 41 heavy (non-hydrogen) atoms. The minimum atomic E-state index is -0.547. The Morgan fingerprint density at radius 3 is 2.73 bits per heavy atom. The van der Waals surface area contributed by atoms with E-state index in [9.17, 15) is 9.59 Å². The van der Waals surface area contributed by atoms with Gasteiger partial charge in [-0.05, 0) is 55.0 Å². The third kappa shape index (κ3) is 5.50. The van der Waals surface area contributed by atoms with E-state index in [1.165, 1.54) is 31.5 Å². The standard InChI is InChI=1S/C24H26IN11O4S/c1-12(2)34(22(37)18-21(33-27)36(10-31-18)23(38)28-3)5-4-6-35-20-17(19(26)29-9-30-20)32-24(35)41-16-8-15-14(7-13(16)25)39-11-40-15/h7-10,12,27H,4-6,11H2,1-3H3,(H,28,38)(H2,26,29,30). The number of carbonyl (C=O) groups is 2. The van der Waals surface area contributed by atoms with Gasteiger partial charge in [0.2, 0.25) is 6.79 Å². The molecule has 17 heteroatoms. The van der Waals surface area contributed by atoms with Crippen LogP contribution in [0.3, 0.4) is 0 Å². The van der Waals surface area contributed by atoms with Gasteiger partial charge in [-0.2, -0.15) is 0 Å². The van der Waals surface area contributed by atoms with Crippen LogP contribution in [0.2, 0.25) is 0 Å². The molecule has 3 aromatic heterocycles. The molecule has 4 heterocycles. The second-order valence-corrected chi connectivity index (χ2v) is 11.3. The van der Waals surface area contributed by atoms with E-state index in [2.05, 4.69) is 48.0 Å². The number of nitrogens with two attached hydrogens (primary N) is 1. The first-order valence-corrected chi connectivity index (χ1v) is 14.3. The number of carbonyl (C=O) groups excluding carboxylic acids is 2. The molecule has 0 saturated carbocycles. The van der Waals surface area contributed by atoms with Gasteiger partial charge in [-0.15, -0.1) is 5.11 Å². The van der Waals surface area contributed by atoms with E-state index in [1.807, 2.05) is 30.5 Å². The van der Waals surface area contributed by atoms with Crippen LogP contribution in [0.15, 0.2) is 40.0 Å². The summed E-state index contributed by atoms with van der Waals surface area (Å²) in [6, 6.07) is 3.10. The Labute approximate surface area is 251 Å². The van der Waals surface area contributed by atoms with Crippen LogP contribution >= 0.6 is 34.4 Å². The summed E-state index contributed by atoms with van der Waals surface area (Å²) in [5.41, 5.74) is 14.6. The van der Waals surface area contributed by atoms with Crippen molar-refractivity contribution in [2.45, 2.75) is 42.9 Å². The smallest absolute Gasteiger partial charge is 0.328 e. The van der Waals surface area contributed by atoms with E-state index in [-0.39, 0.29) is 30.2 Å². The number of nitrogen functional groups attached to an aromatic ring is 1. The Morgan fingerprint density at radius 1 is 1.27 bits per heavy atom. The van der Waals surface area contributed by atoms with Gasteiger partial charge in [-0.3, -0.25) is 4.79 Å². The summed E-state index contributed by atoms with van der Waals surface area (Å²) in [6.07, 6.45) is 3.11. The normalized spacial score (nSPS) is 12.2. The molecule has 1 aromatic carbocycles. The molecule has 0 saturated heterocycles. The lowest BCUT2D eigenvalue weighted by Crippen LogP contribution is -2.38. The number of hydrogen-bond donors (Lipinski definition) is 3. The van der Waals surface area contributed by atoms with Crippen molar-refractivity contribution in [2.24, 2.45) is 5.11 Å². The van der Waals surface area contributed by atoms with Crippen LogP contribution < -0.4 is 20.5 Å². The summed E-state index contributed by atoms with van der Waals surface area (Å²) < 4.78 is 15.0. The Kier molecular flexibility index (Phi) is 8.25. The lowest BCUT2D eigenvalue weighted by molar-refractivity contribution is 0.0696. The van der Waals surface area contributed by atoms with Gasteiger partial charge in [0.05, 0.1) is 0 Å². The van der Waals surface area contributed by atoms with Crippen molar-refractivity contribution in [3.63, 3.8) is 0 Å². The first-order valence-electron chi connectivity index (χ1n) is 12.4. The molecule has 214 valence electrons. The van der Waals surface area contributed by atoms with Crippen molar-refractivity contribution in [1.82, 2.24) is 39.3 Å². The Balaban J connectivity index is 1.40. The number of nitrogens with zero attached hydrogens (tertiary/aromatic N) is 8. The van der Waals surface area contributed by atoms with Crippen molar-refractivity contribution in [3.05, 3.63) is 34.1 Å². The highest BCUT2D eigenvalue weighted by molar-refractivity contribution is 14.1. The van der Waals surface area contributed by atoms with Crippen LogP contribution in [0.25, 0.3) is 11.2 Å². The van der Waals surface area contributed by atoms with Gasteiger partial charge in [0.1, 0.15) is 12.7 Å². The van der Waals surface area contributed by atoms with Crippen molar-refractivity contribution in [3.8, 4) is 11.5 Å². The van der Waals surface area contributed by atoms with E-state index >= 15 is 0 Å². The monoisotopic (exact) mass is 691 g/mol. The van der Waals surface area contributed by atoms with E-state index in [0.29, 0.717) is 47.3 Å². The van der Waals surface area contributed by atoms with Gasteiger partial charge < -0.3 is 30.0 Å². The molecular weight excluding hydrogens is 665 g/mol. The molecule has 2 amide bonds. The third-order valence-electron chi connectivity index (χ3n) is 6.30. The average molecular weight is 692 g/mol. The molecule has 0 radical (unpaired) electrons. The number of ether oxygens (including phenoxy) is 2. The van der Waals surface area contributed by atoms with E-state index in [4.69, 9.17) is 25.7 Å². The largest absolute Gasteiger partial charge is 0.454 e. The highest BCUT2D eigenvalue weighted by Gasteiger charge is 2.27. The highest BCUT2D eigenvalue weighted by Crippen LogP contribution is 2.41. The van der Waals surface area contributed by atoms with Crippen LogP contribution in [0.1, 0.15) is 30.8 Å². The average Bonchev–Trinajstić information content (AvgIpc) is 3.68. The van der Waals surface area contributed by atoms with E-state index in [0.717, 1.165) is 13.0 Å². The fourth-order valence-corrected chi connectivity index (χ4v) is 6.00. The Hall–Kier alpha value is -4.00. The first-order chi connectivity index (χ1) is 19.7. The van der Waals surface area contributed by atoms with Gasteiger partial charge in [-0.25, -0.2) is 34.8 Å². The SMILES string of the molecule is CNC(=O)n1cnc(C(=O)N(CCCn2c(Sc3cc4c(cc3I)OCO4)nc3c(N)ncnc32)C(C)C)c1N=N. The topological polar surface area (TPSA) is 192 Å². The van der Waals surface area contributed by atoms with Crippen molar-refractivity contribution >= 4 is 69.1 Å². The summed E-state index contributed by atoms with van der Waals surface area (Å²) in [4.78, 5) is 45.5. The number of imidazole rings is 2. The number of amides is 2. The van der Waals surface area contributed by atoms with E-state index in [1.54, 1.807) is 4.90 Å².